The third kappa shape index (κ3) is 4.25. The van der Waals surface area contributed by atoms with Crippen molar-refractivity contribution in [1.29, 1.82) is 0 Å². The van der Waals surface area contributed by atoms with Crippen molar-refractivity contribution in [2.45, 2.75) is 6.92 Å². The third-order valence-electron chi connectivity index (χ3n) is 4.32. The molecular weight excluding hydrogens is 408 g/mol. The van der Waals surface area contributed by atoms with Gasteiger partial charge in [-0.25, -0.2) is 0 Å². The molecular formula is C21H18N2O6S. The van der Waals surface area contributed by atoms with Crippen LogP contribution in [-0.2, 0) is 9.59 Å². The Morgan fingerprint density at radius 2 is 1.93 bits per heavy atom. The average molecular weight is 426 g/mol. The first-order valence-corrected chi connectivity index (χ1v) is 10.0. The first-order valence-electron chi connectivity index (χ1n) is 9.21. The van der Waals surface area contributed by atoms with Gasteiger partial charge in [-0.1, -0.05) is 12.1 Å². The lowest BCUT2D eigenvalue weighted by Gasteiger charge is -2.12. The fourth-order valence-corrected chi connectivity index (χ4v) is 3.77. The van der Waals surface area contributed by atoms with Gasteiger partial charge in [0.2, 0.25) is 12.7 Å². The molecule has 0 unspecified atom stereocenters. The minimum atomic E-state index is -0.500. The van der Waals surface area contributed by atoms with Gasteiger partial charge in [-0.3, -0.25) is 19.3 Å². The molecule has 0 bridgehead atoms. The maximum absolute atomic E-state index is 12.6. The minimum absolute atomic E-state index is 0.129. The summed E-state index contributed by atoms with van der Waals surface area (Å²) in [5.41, 5.74) is 1.25. The van der Waals surface area contributed by atoms with Crippen LogP contribution in [0.25, 0.3) is 6.08 Å². The van der Waals surface area contributed by atoms with Crippen molar-refractivity contribution in [1.82, 2.24) is 4.90 Å². The molecule has 9 heteroatoms. The molecule has 1 saturated heterocycles. The van der Waals surface area contributed by atoms with Crippen LogP contribution in [0.1, 0.15) is 12.5 Å². The van der Waals surface area contributed by atoms with E-state index in [0.717, 1.165) is 28.0 Å². The van der Waals surface area contributed by atoms with Gasteiger partial charge in [0, 0.05) is 11.8 Å². The Bertz CT molecular complexity index is 1030. The van der Waals surface area contributed by atoms with Crippen LogP contribution >= 0.6 is 11.8 Å². The number of carbonyl (C=O) groups excluding carboxylic acids is 3. The van der Waals surface area contributed by atoms with Crippen LogP contribution in [0.15, 0.2) is 47.4 Å². The van der Waals surface area contributed by atoms with E-state index in [4.69, 9.17) is 14.2 Å². The summed E-state index contributed by atoms with van der Waals surface area (Å²) in [5, 5.41) is 2.17. The fourth-order valence-electron chi connectivity index (χ4n) is 2.93. The number of benzene rings is 2. The van der Waals surface area contributed by atoms with E-state index in [-0.39, 0.29) is 18.2 Å². The largest absolute Gasteiger partial charge is 0.494 e. The Labute approximate surface area is 176 Å². The second-order valence-corrected chi connectivity index (χ2v) is 7.38. The minimum Gasteiger partial charge on any atom is -0.494 e. The summed E-state index contributed by atoms with van der Waals surface area (Å²) in [6.45, 7) is 2.21. The maximum atomic E-state index is 12.6. The summed E-state index contributed by atoms with van der Waals surface area (Å²) >= 11 is 0.806. The summed E-state index contributed by atoms with van der Waals surface area (Å²) in [4.78, 5) is 38.4. The Morgan fingerprint density at radius 3 is 2.70 bits per heavy atom. The van der Waals surface area contributed by atoms with Crippen LogP contribution < -0.4 is 19.5 Å². The third-order valence-corrected chi connectivity index (χ3v) is 5.23. The molecule has 0 aromatic heterocycles. The Kier molecular flexibility index (Phi) is 5.62. The lowest BCUT2D eigenvalue weighted by atomic mass is 10.2. The van der Waals surface area contributed by atoms with E-state index in [2.05, 4.69) is 5.32 Å². The highest BCUT2D eigenvalue weighted by molar-refractivity contribution is 8.18. The van der Waals surface area contributed by atoms with Crippen molar-refractivity contribution in [3.8, 4) is 17.2 Å². The quantitative estimate of drug-likeness (QED) is 0.707. The zero-order valence-electron chi connectivity index (χ0n) is 16.0. The summed E-state index contributed by atoms with van der Waals surface area (Å²) in [6, 6.07) is 12.1. The van der Waals surface area contributed by atoms with Crippen LogP contribution in [0.3, 0.4) is 0 Å². The number of nitrogens with one attached hydrogen (secondary N) is 1. The Morgan fingerprint density at radius 1 is 1.17 bits per heavy atom. The number of hydrogen-bond donors (Lipinski definition) is 1. The number of carbonyl (C=O) groups is 3. The first-order chi connectivity index (χ1) is 14.5. The number of ether oxygens (including phenoxy) is 3. The number of amides is 3. The van der Waals surface area contributed by atoms with Gasteiger partial charge in [0.25, 0.3) is 11.1 Å². The molecule has 0 aliphatic carbocycles. The topological polar surface area (TPSA) is 94.2 Å². The molecule has 0 atom stereocenters. The van der Waals surface area contributed by atoms with Gasteiger partial charge in [0.05, 0.1) is 11.5 Å². The van der Waals surface area contributed by atoms with Crippen molar-refractivity contribution >= 4 is 40.6 Å². The number of hydrogen-bond acceptors (Lipinski definition) is 7. The predicted octanol–water partition coefficient (Wildman–Crippen LogP) is 3.49. The van der Waals surface area contributed by atoms with E-state index in [9.17, 15) is 14.4 Å². The molecule has 2 aliphatic rings. The van der Waals surface area contributed by atoms with Gasteiger partial charge in [-0.2, -0.15) is 0 Å². The Balaban J connectivity index is 1.40. The molecule has 0 radical (unpaired) electrons. The highest BCUT2D eigenvalue weighted by atomic mass is 32.2. The summed E-state index contributed by atoms with van der Waals surface area (Å²) in [6.07, 6.45) is 1.62. The second kappa shape index (κ2) is 8.50. The van der Waals surface area contributed by atoms with E-state index in [1.807, 2.05) is 6.92 Å². The van der Waals surface area contributed by atoms with E-state index in [1.54, 1.807) is 48.5 Å². The standard InChI is InChI=1S/C21H18N2O6S/c1-2-27-15-6-3-13(4-7-15)9-18-20(25)23(21(26)30-18)11-19(24)22-14-5-8-16-17(10-14)29-12-28-16/h3-10H,2,11-12H2,1H3,(H,22,24)/b18-9+. The number of anilines is 1. The van der Waals surface area contributed by atoms with Crippen LogP contribution in [0, 0.1) is 0 Å². The van der Waals surface area contributed by atoms with Crippen molar-refractivity contribution < 1.29 is 28.6 Å². The van der Waals surface area contributed by atoms with Gasteiger partial charge in [-0.05, 0) is 54.6 Å². The van der Waals surface area contributed by atoms with Crippen molar-refractivity contribution in [3.05, 3.63) is 52.9 Å². The lowest BCUT2D eigenvalue weighted by molar-refractivity contribution is -0.127. The summed E-state index contributed by atoms with van der Waals surface area (Å²) in [7, 11) is 0. The lowest BCUT2D eigenvalue weighted by Crippen LogP contribution is -2.36. The number of imide groups is 1. The zero-order chi connectivity index (χ0) is 21.1. The fraction of sp³-hybridized carbons (Fsp3) is 0.190. The molecule has 2 aromatic carbocycles. The monoisotopic (exact) mass is 426 g/mol. The maximum Gasteiger partial charge on any atom is 0.294 e. The highest BCUT2D eigenvalue weighted by Crippen LogP contribution is 2.35. The molecule has 1 N–H and O–H groups in total. The number of fused-ring (bicyclic) bond motifs is 1. The van der Waals surface area contributed by atoms with Gasteiger partial charge in [0.15, 0.2) is 11.5 Å². The zero-order valence-corrected chi connectivity index (χ0v) is 16.9. The van der Waals surface area contributed by atoms with Gasteiger partial charge >= 0.3 is 0 Å². The average Bonchev–Trinajstić information content (AvgIpc) is 3.29. The van der Waals surface area contributed by atoms with E-state index in [1.165, 1.54) is 0 Å². The van der Waals surface area contributed by atoms with Gasteiger partial charge in [0.1, 0.15) is 12.3 Å². The predicted molar refractivity (Wildman–Crippen MR) is 111 cm³/mol. The molecule has 2 aliphatic heterocycles. The van der Waals surface area contributed by atoms with Crippen LogP contribution in [-0.4, -0.2) is 41.9 Å². The number of rotatable bonds is 6. The van der Waals surface area contributed by atoms with Gasteiger partial charge in [-0.15, -0.1) is 0 Å². The highest BCUT2D eigenvalue weighted by Gasteiger charge is 2.36. The van der Waals surface area contributed by atoms with E-state index in [0.29, 0.717) is 23.8 Å². The Hall–Kier alpha value is -3.46. The van der Waals surface area contributed by atoms with Crippen LogP contribution in [0.5, 0.6) is 17.2 Å². The molecule has 154 valence electrons. The summed E-state index contributed by atoms with van der Waals surface area (Å²) < 4.78 is 15.9. The second-order valence-electron chi connectivity index (χ2n) is 6.39. The van der Waals surface area contributed by atoms with Crippen molar-refractivity contribution in [2.24, 2.45) is 0 Å². The number of thioether (sulfide) groups is 1. The number of nitrogens with zero attached hydrogens (tertiary/aromatic N) is 1. The van der Waals surface area contributed by atoms with E-state index < -0.39 is 17.1 Å². The van der Waals surface area contributed by atoms with Gasteiger partial charge < -0.3 is 19.5 Å². The van der Waals surface area contributed by atoms with Crippen LogP contribution in [0.2, 0.25) is 0 Å². The molecule has 2 aromatic rings. The molecule has 4 rings (SSSR count). The molecule has 1 fully saturated rings. The van der Waals surface area contributed by atoms with E-state index >= 15 is 0 Å². The molecule has 30 heavy (non-hydrogen) atoms. The molecule has 3 amide bonds. The first kappa shape index (κ1) is 19.8. The van der Waals surface area contributed by atoms with Crippen molar-refractivity contribution in [3.63, 3.8) is 0 Å². The smallest absolute Gasteiger partial charge is 0.294 e. The molecule has 0 saturated carbocycles. The molecule has 8 nitrogen and oxygen atoms in total. The summed E-state index contributed by atoms with van der Waals surface area (Å²) in [5.74, 6) is 0.858. The molecule has 0 spiro atoms. The molecule has 2 heterocycles. The SMILES string of the molecule is CCOc1ccc(/C=C2/SC(=O)N(CC(=O)Nc3ccc4c(c3)OCO4)C2=O)cc1. The normalized spacial score (nSPS) is 16.3. The van der Waals surface area contributed by atoms with Crippen molar-refractivity contribution in [2.75, 3.05) is 25.3 Å². The van der Waals surface area contributed by atoms with Crippen LogP contribution in [0.4, 0.5) is 10.5 Å².